The maximum Gasteiger partial charge on any atom is 0.220 e. The predicted octanol–water partition coefficient (Wildman–Crippen LogP) is 9.01. The molecule has 0 radical (unpaired) electrons. The number of hydrogen-bond acceptors (Lipinski definition) is 5. The second-order valence-corrected chi connectivity index (χ2v) is 14.3. The topological polar surface area (TPSA) is 44.5 Å². The molecule has 3 aromatic carbocycles. The summed E-state index contributed by atoms with van der Waals surface area (Å²) in [4.78, 5) is 10.3. The third-order valence-electron chi connectivity index (χ3n) is 10.9. The minimum absolute atomic E-state index is 0.0120. The van der Waals surface area contributed by atoms with E-state index in [1.807, 2.05) is 19.2 Å². The average molecular weight is 623 g/mol. The van der Waals surface area contributed by atoms with E-state index < -0.39 is 0 Å². The van der Waals surface area contributed by atoms with Gasteiger partial charge in [-0.05, 0) is 105 Å². The molecule has 1 aliphatic carbocycles. The largest absolute Gasteiger partial charge is 0.423 e. The van der Waals surface area contributed by atoms with Gasteiger partial charge in [-0.25, -0.2) is 9.37 Å². The van der Waals surface area contributed by atoms with Crippen LogP contribution in [0.4, 0.5) is 16.0 Å². The van der Waals surface area contributed by atoms with Crippen molar-refractivity contribution < 1.29 is 8.81 Å². The molecule has 2 heterocycles. The molecule has 46 heavy (non-hydrogen) atoms. The van der Waals surface area contributed by atoms with Crippen molar-refractivity contribution in [2.75, 3.05) is 37.0 Å². The summed E-state index contributed by atoms with van der Waals surface area (Å²) in [5.74, 6) is 3.64. The first-order valence-corrected chi connectivity index (χ1v) is 17.3. The minimum Gasteiger partial charge on any atom is -0.423 e. The van der Waals surface area contributed by atoms with Gasteiger partial charge in [0.2, 0.25) is 11.8 Å². The lowest BCUT2D eigenvalue weighted by Gasteiger charge is -2.44. The van der Waals surface area contributed by atoms with Gasteiger partial charge in [-0.15, -0.1) is 0 Å². The molecule has 6 heteroatoms. The normalized spacial score (nSPS) is 23.9. The number of anilines is 2. The number of nitrogens with zero attached hydrogens (tertiary/aromatic N) is 3. The van der Waals surface area contributed by atoms with Crippen molar-refractivity contribution in [1.29, 1.82) is 0 Å². The smallest absolute Gasteiger partial charge is 0.220 e. The van der Waals surface area contributed by atoms with Gasteiger partial charge in [0.1, 0.15) is 17.6 Å². The standard InChI is InChI=1S/C40H51FN4O/c1-28-24-29(2)27-45(26-28)39-36(25-30-12-8-6-9-13-30)43-38(46-39)37(44(5)35-14-10-7-11-15-35)31-16-18-32(19-17-31)40(3,42-4)33-20-22-34(41)23-21-33/h6-15,20-23,28-29,31-32,37,42H,16-19,24-27H2,1-5H3. The molecule has 0 amide bonds. The van der Waals surface area contributed by atoms with Crippen LogP contribution in [0.15, 0.2) is 89.3 Å². The summed E-state index contributed by atoms with van der Waals surface area (Å²) in [5.41, 5.74) is 4.39. The average Bonchev–Trinajstić information content (AvgIpc) is 3.48. The number of piperidine rings is 1. The van der Waals surface area contributed by atoms with Crippen LogP contribution in [0.25, 0.3) is 0 Å². The van der Waals surface area contributed by atoms with Crippen LogP contribution in [0.5, 0.6) is 0 Å². The number of aromatic nitrogens is 1. The first kappa shape index (κ1) is 32.3. The molecule has 1 N–H and O–H groups in total. The number of para-hydroxylation sites is 1. The van der Waals surface area contributed by atoms with E-state index >= 15 is 0 Å². The first-order valence-electron chi connectivity index (χ1n) is 17.3. The lowest BCUT2D eigenvalue weighted by molar-refractivity contribution is 0.141. The predicted molar refractivity (Wildman–Crippen MR) is 187 cm³/mol. The van der Waals surface area contributed by atoms with Crippen LogP contribution in [0.1, 0.15) is 81.6 Å². The highest BCUT2D eigenvalue weighted by molar-refractivity contribution is 5.49. The Bertz CT molecular complexity index is 1520. The second kappa shape index (κ2) is 14.0. The van der Waals surface area contributed by atoms with Crippen LogP contribution in [-0.2, 0) is 12.0 Å². The Kier molecular flexibility index (Phi) is 9.84. The number of rotatable bonds is 10. The maximum atomic E-state index is 13.8. The van der Waals surface area contributed by atoms with Gasteiger partial charge in [-0.3, -0.25) is 0 Å². The number of nitrogens with one attached hydrogen (secondary N) is 1. The van der Waals surface area contributed by atoms with E-state index in [0.717, 1.165) is 68.2 Å². The molecule has 4 aromatic rings. The van der Waals surface area contributed by atoms with Gasteiger partial charge >= 0.3 is 0 Å². The molecule has 1 aliphatic heterocycles. The molecule has 5 nitrogen and oxygen atoms in total. The molecule has 6 rings (SSSR count). The molecule has 4 atom stereocenters. The molecule has 2 aliphatic rings. The van der Waals surface area contributed by atoms with Crippen LogP contribution in [0.2, 0.25) is 0 Å². The maximum absolute atomic E-state index is 13.8. The van der Waals surface area contributed by atoms with E-state index in [1.54, 1.807) is 12.1 Å². The quantitative estimate of drug-likeness (QED) is 0.191. The summed E-state index contributed by atoms with van der Waals surface area (Å²) in [6.07, 6.45) is 6.28. The van der Waals surface area contributed by atoms with Crippen LogP contribution in [0, 0.1) is 29.5 Å². The van der Waals surface area contributed by atoms with Crippen molar-refractivity contribution in [3.63, 3.8) is 0 Å². The Morgan fingerprint density at radius 1 is 0.913 bits per heavy atom. The van der Waals surface area contributed by atoms with Crippen molar-refractivity contribution >= 4 is 11.6 Å². The number of benzene rings is 3. The molecule has 0 bridgehead atoms. The fourth-order valence-corrected chi connectivity index (χ4v) is 8.37. The van der Waals surface area contributed by atoms with Gasteiger partial charge in [-0.2, -0.15) is 0 Å². The summed E-state index contributed by atoms with van der Waals surface area (Å²) in [6, 6.07) is 28.4. The molecule has 4 unspecified atom stereocenters. The molecule has 1 aromatic heterocycles. The molecular formula is C40H51FN4O. The molecule has 1 saturated carbocycles. The highest BCUT2D eigenvalue weighted by Gasteiger charge is 2.41. The zero-order valence-corrected chi connectivity index (χ0v) is 28.3. The summed E-state index contributed by atoms with van der Waals surface area (Å²) < 4.78 is 20.8. The number of hydrogen-bond donors (Lipinski definition) is 1. The van der Waals surface area contributed by atoms with Gasteiger partial charge in [0.25, 0.3) is 0 Å². The number of halogens is 1. The Morgan fingerprint density at radius 2 is 1.52 bits per heavy atom. The van der Waals surface area contributed by atoms with E-state index in [2.05, 4.69) is 104 Å². The summed E-state index contributed by atoms with van der Waals surface area (Å²) in [7, 11) is 4.24. The highest BCUT2D eigenvalue weighted by atomic mass is 19.1. The zero-order valence-electron chi connectivity index (χ0n) is 28.3. The highest BCUT2D eigenvalue weighted by Crippen LogP contribution is 2.47. The first-order chi connectivity index (χ1) is 22.2. The summed E-state index contributed by atoms with van der Waals surface area (Å²) in [5, 5.41) is 3.62. The van der Waals surface area contributed by atoms with E-state index in [0.29, 0.717) is 23.7 Å². The minimum atomic E-state index is -0.222. The van der Waals surface area contributed by atoms with Gasteiger partial charge in [0, 0.05) is 37.8 Å². The van der Waals surface area contributed by atoms with Crippen LogP contribution in [-0.4, -0.2) is 32.2 Å². The lowest BCUT2D eigenvalue weighted by Crippen LogP contribution is -2.46. The monoisotopic (exact) mass is 622 g/mol. The van der Waals surface area contributed by atoms with Gasteiger partial charge in [0.05, 0.1) is 0 Å². The molecule has 244 valence electrons. The zero-order chi connectivity index (χ0) is 32.3. The molecular weight excluding hydrogens is 571 g/mol. The van der Waals surface area contributed by atoms with Crippen LogP contribution < -0.4 is 15.1 Å². The third-order valence-corrected chi connectivity index (χ3v) is 10.9. The van der Waals surface area contributed by atoms with Crippen LogP contribution in [0.3, 0.4) is 0 Å². The fourth-order valence-electron chi connectivity index (χ4n) is 8.37. The Labute approximate surface area is 275 Å². The van der Waals surface area contributed by atoms with Crippen molar-refractivity contribution in [1.82, 2.24) is 10.3 Å². The van der Waals surface area contributed by atoms with Crippen molar-refractivity contribution in [3.05, 3.63) is 113 Å². The van der Waals surface area contributed by atoms with Crippen molar-refractivity contribution in [3.8, 4) is 0 Å². The molecule has 2 fully saturated rings. The molecule has 1 saturated heterocycles. The summed E-state index contributed by atoms with van der Waals surface area (Å²) in [6.45, 7) is 8.97. The van der Waals surface area contributed by atoms with E-state index in [-0.39, 0.29) is 17.4 Å². The van der Waals surface area contributed by atoms with Gasteiger partial charge in [0.15, 0.2) is 0 Å². The van der Waals surface area contributed by atoms with Crippen molar-refractivity contribution in [2.24, 2.45) is 23.7 Å². The van der Waals surface area contributed by atoms with Gasteiger partial charge in [-0.1, -0.05) is 74.5 Å². The number of oxazole rings is 1. The van der Waals surface area contributed by atoms with Crippen LogP contribution >= 0.6 is 0 Å². The third kappa shape index (κ3) is 6.88. The Hall–Kier alpha value is -3.64. The van der Waals surface area contributed by atoms with E-state index in [1.165, 1.54) is 17.7 Å². The summed E-state index contributed by atoms with van der Waals surface area (Å²) >= 11 is 0. The Balaban J connectivity index is 1.33. The molecule has 0 spiro atoms. The lowest BCUT2D eigenvalue weighted by atomic mass is 9.68. The Morgan fingerprint density at radius 3 is 2.13 bits per heavy atom. The van der Waals surface area contributed by atoms with E-state index in [9.17, 15) is 4.39 Å². The second-order valence-electron chi connectivity index (χ2n) is 14.3. The van der Waals surface area contributed by atoms with Crippen molar-refractivity contribution in [2.45, 2.75) is 70.9 Å². The van der Waals surface area contributed by atoms with E-state index in [4.69, 9.17) is 9.40 Å². The fraction of sp³-hybridized carbons (Fsp3) is 0.475. The SMILES string of the molecule is CNC(C)(c1ccc(F)cc1)C1CCC(C(c2nc(Cc3ccccc3)c(N3CC(C)CC(C)C3)o2)N(C)c2ccccc2)CC1. The van der Waals surface area contributed by atoms with Gasteiger partial charge < -0.3 is 19.5 Å².